The Bertz CT molecular complexity index is 765. The highest BCUT2D eigenvalue weighted by atomic mass is 79.9. The van der Waals surface area contributed by atoms with Gasteiger partial charge in [-0.15, -0.1) is 0 Å². The summed E-state index contributed by atoms with van der Waals surface area (Å²) in [4.78, 5) is 0. The molecular weight excluding hydrogens is 334 g/mol. The molecule has 0 bridgehead atoms. The van der Waals surface area contributed by atoms with E-state index in [1.54, 1.807) is 0 Å². The molecular formula is C17H13BrClN. The van der Waals surface area contributed by atoms with Gasteiger partial charge in [0.15, 0.2) is 0 Å². The third kappa shape index (κ3) is 2.47. The molecule has 0 saturated heterocycles. The van der Waals surface area contributed by atoms with Crippen LogP contribution < -0.4 is 5.73 Å². The first-order valence-electron chi connectivity index (χ1n) is 6.35. The topological polar surface area (TPSA) is 26.0 Å². The van der Waals surface area contributed by atoms with Gasteiger partial charge in [0.05, 0.1) is 11.1 Å². The summed E-state index contributed by atoms with van der Waals surface area (Å²) in [6, 6.07) is 20.2. The first-order chi connectivity index (χ1) is 9.66. The molecule has 0 saturated carbocycles. The number of benzene rings is 3. The fourth-order valence-electron chi connectivity index (χ4n) is 2.41. The summed E-state index contributed by atoms with van der Waals surface area (Å²) < 4.78 is 0.868. The molecule has 3 aromatic rings. The molecule has 1 unspecified atom stereocenters. The Morgan fingerprint density at radius 1 is 0.950 bits per heavy atom. The van der Waals surface area contributed by atoms with E-state index in [0.29, 0.717) is 5.02 Å². The largest absolute Gasteiger partial charge is 0.320 e. The number of rotatable bonds is 2. The van der Waals surface area contributed by atoms with Crippen LogP contribution in [-0.4, -0.2) is 0 Å². The lowest BCUT2D eigenvalue weighted by molar-refractivity contribution is 0.880. The van der Waals surface area contributed by atoms with Crippen LogP contribution in [-0.2, 0) is 0 Å². The summed E-state index contributed by atoms with van der Waals surface area (Å²) >= 11 is 9.49. The summed E-state index contributed by atoms with van der Waals surface area (Å²) in [5.74, 6) is 0. The summed E-state index contributed by atoms with van der Waals surface area (Å²) in [5.41, 5.74) is 8.60. The maximum Gasteiger partial charge on any atom is 0.0558 e. The van der Waals surface area contributed by atoms with E-state index in [4.69, 9.17) is 17.3 Å². The van der Waals surface area contributed by atoms with Crippen LogP contribution >= 0.6 is 27.5 Å². The van der Waals surface area contributed by atoms with Crippen LogP contribution in [0.2, 0.25) is 5.02 Å². The van der Waals surface area contributed by atoms with E-state index < -0.39 is 0 Å². The average molecular weight is 347 g/mol. The highest BCUT2D eigenvalue weighted by Gasteiger charge is 2.13. The minimum atomic E-state index is -0.172. The van der Waals surface area contributed by atoms with Crippen molar-refractivity contribution in [3.63, 3.8) is 0 Å². The summed E-state index contributed by atoms with van der Waals surface area (Å²) in [6.45, 7) is 0. The van der Waals surface area contributed by atoms with Gasteiger partial charge < -0.3 is 5.73 Å². The van der Waals surface area contributed by atoms with E-state index in [1.807, 2.05) is 36.4 Å². The normalized spacial score (nSPS) is 12.6. The van der Waals surface area contributed by atoms with Gasteiger partial charge in [-0.25, -0.2) is 0 Å². The molecule has 3 heteroatoms. The zero-order valence-electron chi connectivity index (χ0n) is 10.7. The van der Waals surface area contributed by atoms with Gasteiger partial charge in [0.1, 0.15) is 0 Å². The predicted octanol–water partition coefficient (Wildman–Crippen LogP) is 5.30. The fraction of sp³-hybridized carbons (Fsp3) is 0.0588. The van der Waals surface area contributed by atoms with Crippen molar-refractivity contribution in [2.24, 2.45) is 5.73 Å². The molecule has 0 spiro atoms. The molecule has 0 fully saturated rings. The molecule has 0 amide bonds. The molecule has 0 radical (unpaired) electrons. The van der Waals surface area contributed by atoms with Gasteiger partial charge in [0.25, 0.3) is 0 Å². The zero-order valence-corrected chi connectivity index (χ0v) is 13.0. The molecule has 20 heavy (non-hydrogen) atoms. The minimum Gasteiger partial charge on any atom is -0.320 e. The van der Waals surface area contributed by atoms with Crippen LogP contribution in [0.1, 0.15) is 17.2 Å². The van der Waals surface area contributed by atoms with Crippen LogP contribution in [0.25, 0.3) is 10.8 Å². The Morgan fingerprint density at radius 2 is 1.70 bits per heavy atom. The summed E-state index contributed by atoms with van der Waals surface area (Å²) in [6.07, 6.45) is 0. The standard InChI is InChI=1S/C17H13BrClN/c18-15-10-12(8-9-16(15)19)17(20)14-7-3-5-11-4-1-2-6-13(11)14/h1-10,17H,20H2. The van der Waals surface area contributed by atoms with Crippen molar-refractivity contribution in [3.8, 4) is 0 Å². The lowest BCUT2D eigenvalue weighted by Gasteiger charge is -2.16. The van der Waals surface area contributed by atoms with E-state index >= 15 is 0 Å². The van der Waals surface area contributed by atoms with Crippen LogP contribution in [0.15, 0.2) is 65.1 Å². The van der Waals surface area contributed by atoms with Crippen molar-refractivity contribution in [1.29, 1.82) is 0 Å². The van der Waals surface area contributed by atoms with E-state index in [1.165, 1.54) is 10.8 Å². The zero-order chi connectivity index (χ0) is 14.1. The maximum atomic E-state index is 6.44. The molecule has 0 heterocycles. The minimum absolute atomic E-state index is 0.172. The Hall–Kier alpha value is -1.35. The van der Waals surface area contributed by atoms with Gasteiger partial charge in [0, 0.05) is 4.47 Å². The lowest BCUT2D eigenvalue weighted by atomic mass is 9.94. The molecule has 100 valence electrons. The van der Waals surface area contributed by atoms with E-state index in [2.05, 4.69) is 40.2 Å². The van der Waals surface area contributed by atoms with E-state index in [-0.39, 0.29) is 6.04 Å². The van der Waals surface area contributed by atoms with Crippen molar-refractivity contribution < 1.29 is 0 Å². The number of hydrogen-bond acceptors (Lipinski definition) is 1. The molecule has 0 aliphatic carbocycles. The quantitative estimate of drug-likeness (QED) is 0.669. The van der Waals surface area contributed by atoms with Gasteiger partial charge in [-0.2, -0.15) is 0 Å². The first-order valence-corrected chi connectivity index (χ1v) is 7.52. The number of halogens is 2. The van der Waals surface area contributed by atoms with Crippen LogP contribution in [0.3, 0.4) is 0 Å². The SMILES string of the molecule is NC(c1ccc(Cl)c(Br)c1)c1cccc2ccccc12. The first kappa shape index (κ1) is 13.6. The summed E-state index contributed by atoms with van der Waals surface area (Å²) in [7, 11) is 0. The lowest BCUT2D eigenvalue weighted by Crippen LogP contribution is -2.12. The van der Waals surface area contributed by atoms with Gasteiger partial charge in [-0.1, -0.05) is 60.1 Å². The highest BCUT2D eigenvalue weighted by molar-refractivity contribution is 9.10. The van der Waals surface area contributed by atoms with Gasteiger partial charge in [-0.05, 0) is 50.0 Å². The van der Waals surface area contributed by atoms with Gasteiger partial charge in [0.2, 0.25) is 0 Å². The smallest absolute Gasteiger partial charge is 0.0558 e. The van der Waals surface area contributed by atoms with Crippen molar-refractivity contribution in [2.75, 3.05) is 0 Å². The Balaban J connectivity index is 2.12. The third-order valence-corrected chi connectivity index (χ3v) is 4.68. The van der Waals surface area contributed by atoms with Crippen LogP contribution in [0.4, 0.5) is 0 Å². The molecule has 3 rings (SSSR count). The second kappa shape index (κ2) is 5.57. The average Bonchev–Trinajstić information content (AvgIpc) is 2.49. The molecule has 1 atom stereocenters. The Kier molecular flexibility index (Phi) is 3.79. The number of nitrogens with two attached hydrogens (primary N) is 1. The van der Waals surface area contributed by atoms with Crippen LogP contribution in [0, 0.1) is 0 Å². The molecule has 0 aliphatic heterocycles. The molecule has 3 aromatic carbocycles. The molecule has 0 aliphatic rings. The molecule has 1 nitrogen and oxygen atoms in total. The van der Waals surface area contributed by atoms with Gasteiger partial charge in [-0.3, -0.25) is 0 Å². The maximum absolute atomic E-state index is 6.44. The number of fused-ring (bicyclic) bond motifs is 1. The third-order valence-electron chi connectivity index (χ3n) is 3.46. The van der Waals surface area contributed by atoms with Gasteiger partial charge >= 0.3 is 0 Å². The monoisotopic (exact) mass is 345 g/mol. The van der Waals surface area contributed by atoms with E-state index in [9.17, 15) is 0 Å². The van der Waals surface area contributed by atoms with Crippen molar-refractivity contribution >= 4 is 38.3 Å². The highest BCUT2D eigenvalue weighted by Crippen LogP contribution is 2.31. The Labute approximate surface area is 131 Å². The Morgan fingerprint density at radius 3 is 2.50 bits per heavy atom. The van der Waals surface area contributed by atoms with E-state index in [0.717, 1.165) is 15.6 Å². The number of hydrogen-bond donors (Lipinski definition) is 1. The van der Waals surface area contributed by atoms with Crippen LogP contribution in [0.5, 0.6) is 0 Å². The molecule has 2 N–H and O–H groups in total. The second-order valence-electron chi connectivity index (χ2n) is 4.72. The second-order valence-corrected chi connectivity index (χ2v) is 5.98. The van der Waals surface area contributed by atoms with Crippen molar-refractivity contribution in [1.82, 2.24) is 0 Å². The predicted molar refractivity (Wildman–Crippen MR) is 89.1 cm³/mol. The van der Waals surface area contributed by atoms with Crippen molar-refractivity contribution in [2.45, 2.75) is 6.04 Å². The molecule has 0 aromatic heterocycles. The fourth-order valence-corrected chi connectivity index (χ4v) is 2.92. The summed E-state index contributed by atoms with van der Waals surface area (Å²) in [5, 5.41) is 3.08. The van der Waals surface area contributed by atoms with Crippen molar-refractivity contribution in [3.05, 3.63) is 81.3 Å².